The predicted octanol–water partition coefficient (Wildman–Crippen LogP) is 4.34. The minimum atomic E-state index is -0.332. The predicted molar refractivity (Wildman–Crippen MR) is 121 cm³/mol. The summed E-state index contributed by atoms with van der Waals surface area (Å²) in [6.45, 7) is 2.85. The highest BCUT2D eigenvalue weighted by atomic mass is 16.5. The van der Waals surface area contributed by atoms with Crippen molar-refractivity contribution >= 4 is 11.8 Å². The second-order valence-corrected chi connectivity index (χ2v) is 8.98. The van der Waals surface area contributed by atoms with Crippen LogP contribution in [0.5, 0.6) is 5.75 Å². The van der Waals surface area contributed by atoms with E-state index in [1.165, 1.54) is 11.1 Å². The number of hydrogen-bond acceptors (Lipinski definition) is 3. The van der Waals surface area contributed by atoms with Crippen molar-refractivity contribution in [2.24, 2.45) is 0 Å². The molecule has 0 saturated carbocycles. The van der Waals surface area contributed by atoms with Crippen molar-refractivity contribution in [3.8, 4) is 5.75 Å². The van der Waals surface area contributed by atoms with E-state index in [0.717, 1.165) is 43.5 Å². The lowest BCUT2D eigenvalue weighted by atomic mass is 9.84. The minimum absolute atomic E-state index is 0.0647. The standard InChI is InChI=1S/C26H32N2O3/c1-19-9-11-20(12-10-19)18-26(15-13-24(29)27-26)16-14-25(30)28-17-5-7-22(28)21-6-3-4-8-23(21)31-2/h3-4,6,8-12,22H,5,7,13-18H2,1-2H3,(H,27,29)/t22-,26+/m0/s1. The fraction of sp³-hybridized carbons (Fsp3) is 0.462. The molecule has 4 rings (SSSR count). The molecule has 2 aliphatic heterocycles. The minimum Gasteiger partial charge on any atom is -0.496 e. The molecule has 0 radical (unpaired) electrons. The first-order valence-electron chi connectivity index (χ1n) is 11.3. The molecular formula is C26H32N2O3. The summed E-state index contributed by atoms with van der Waals surface area (Å²) in [6, 6.07) is 16.5. The van der Waals surface area contributed by atoms with E-state index in [4.69, 9.17) is 4.74 Å². The number of nitrogens with one attached hydrogen (secondary N) is 1. The second kappa shape index (κ2) is 9.13. The van der Waals surface area contributed by atoms with Crippen LogP contribution in [0.25, 0.3) is 0 Å². The topological polar surface area (TPSA) is 58.6 Å². The number of rotatable bonds is 7. The highest BCUT2D eigenvalue weighted by Crippen LogP contribution is 2.38. The van der Waals surface area contributed by atoms with Crippen LogP contribution < -0.4 is 10.1 Å². The zero-order chi connectivity index (χ0) is 21.8. The van der Waals surface area contributed by atoms with Crippen LogP contribution in [0, 0.1) is 6.92 Å². The van der Waals surface area contributed by atoms with Crippen LogP contribution >= 0.6 is 0 Å². The third kappa shape index (κ3) is 4.76. The van der Waals surface area contributed by atoms with Gasteiger partial charge in [-0.3, -0.25) is 9.59 Å². The molecule has 2 aromatic carbocycles. The zero-order valence-corrected chi connectivity index (χ0v) is 18.5. The van der Waals surface area contributed by atoms with Gasteiger partial charge in [-0.1, -0.05) is 48.0 Å². The normalized spacial score (nSPS) is 23.1. The molecule has 0 spiro atoms. The summed E-state index contributed by atoms with van der Waals surface area (Å²) in [5.41, 5.74) is 3.18. The van der Waals surface area contributed by atoms with Crippen molar-refractivity contribution in [3.63, 3.8) is 0 Å². The van der Waals surface area contributed by atoms with Crippen LogP contribution in [-0.2, 0) is 16.0 Å². The molecule has 5 nitrogen and oxygen atoms in total. The van der Waals surface area contributed by atoms with Crippen molar-refractivity contribution in [3.05, 3.63) is 65.2 Å². The summed E-state index contributed by atoms with van der Waals surface area (Å²) in [4.78, 5) is 27.4. The Morgan fingerprint density at radius 3 is 2.68 bits per heavy atom. The van der Waals surface area contributed by atoms with Gasteiger partial charge in [0.1, 0.15) is 5.75 Å². The first kappa shape index (κ1) is 21.4. The van der Waals surface area contributed by atoms with Crippen LogP contribution in [0.3, 0.4) is 0 Å². The van der Waals surface area contributed by atoms with Gasteiger partial charge in [-0.25, -0.2) is 0 Å². The Morgan fingerprint density at radius 2 is 1.97 bits per heavy atom. The molecule has 2 saturated heterocycles. The maximum atomic E-state index is 13.3. The number of carbonyl (C=O) groups is 2. The highest BCUT2D eigenvalue weighted by molar-refractivity contribution is 5.80. The monoisotopic (exact) mass is 420 g/mol. The number of ether oxygens (including phenoxy) is 1. The summed E-state index contributed by atoms with van der Waals surface area (Å²) in [7, 11) is 1.68. The Bertz CT molecular complexity index is 940. The number of hydrogen-bond donors (Lipinski definition) is 1. The molecule has 2 aliphatic rings. The Kier molecular flexibility index (Phi) is 6.30. The summed E-state index contributed by atoms with van der Waals surface area (Å²) in [6.07, 6.45) is 5.15. The SMILES string of the molecule is COc1ccccc1[C@@H]1CCCN1C(=O)CC[C@@]1(Cc2ccc(C)cc2)CCC(=O)N1. The number of carbonyl (C=O) groups excluding carboxylic acids is 2. The molecule has 5 heteroatoms. The first-order chi connectivity index (χ1) is 15.0. The van der Waals surface area contributed by atoms with Gasteiger partial charge in [-0.2, -0.15) is 0 Å². The number of likely N-dealkylation sites (tertiary alicyclic amines) is 1. The molecule has 2 atom stereocenters. The molecule has 2 fully saturated rings. The molecule has 164 valence electrons. The molecule has 2 aromatic rings. The van der Waals surface area contributed by atoms with E-state index in [1.54, 1.807) is 7.11 Å². The molecule has 0 bridgehead atoms. The Morgan fingerprint density at radius 1 is 1.19 bits per heavy atom. The summed E-state index contributed by atoms with van der Waals surface area (Å²) in [5, 5.41) is 3.21. The lowest BCUT2D eigenvalue weighted by Gasteiger charge is -2.31. The Hall–Kier alpha value is -2.82. The number of aryl methyl sites for hydroxylation is 1. The van der Waals surface area contributed by atoms with Gasteiger partial charge < -0.3 is 15.0 Å². The number of para-hydroxylation sites is 1. The van der Waals surface area contributed by atoms with E-state index in [1.807, 2.05) is 23.1 Å². The molecule has 1 N–H and O–H groups in total. The smallest absolute Gasteiger partial charge is 0.223 e. The summed E-state index contributed by atoms with van der Waals surface area (Å²) < 4.78 is 5.54. The van der Waals surface area contributed by atoms with Crippen molar-refractivity contribution in [1.82, 2.24) is 10.2 Å². The lowest BCUT2D eigenvalue weighted by Crippen LogP contribution is -2.45. The third-order valence-corrected chi connectivity index (χ3v) is 6.79. The van der Waals surface area contributed by atoms with E-state index in [9.17, 15) is 9.59 Å². The van der Waals surface area contributed by atoms with Gasteiger partial charge in [0.15, 0.2) is 0 Å². The van der Waals surface area contributed by atoms with Crippen molar-refractivity contribution in [2.75, 3.05) is 13.7 Å². The fourth-order valence-electron chi connectivity index (χ4n) is 5.10. The largest absolute Gasteiger partial charge is 0.496 e. The van der Waals surface area contributed by atoms with Gasteiger partial charge in [0, 0.05) is 30.5 Å². The van der Waals surface area contributed by atoms with Crippen LogP contribution in [0.15, 0.2) is 48.5 Å². The molecule has 0 unspecified atom stereocenters. The van der Waals surface area contributed by atoms with E-state index < -0.39 is 0 Å². The van der Waals surface area contributed by atoms with Gasteiger partial charge >= 0.3 is 0 Å². The number of nitrogens with zero attached hydrogens (tertiary/aromatic N) is 1. The first-order valence-corrected chi connectivity index (χ1v) is 11.3. The van der Waals surface area contributed by atoms with Crippen molar-refractivity contribution in [1.29, 1.82) is 0 Å². The van der Waals surface area contributed by atoms with Gasteiger partial charge in [0.05, 0.1) is 13.2 Å². The summed E-state index contributed by atoms with van der Waals surface area (Å²) >= 11 is 0. The number of benzene rings is 2. The quantitative estimate of drug-likeness (QED) is 0.725. The molecule has 31 heavy (non-hydrogen) atoms. The van der Waals surface area contributed by atoms with Gasteiger partial charge in [0.2, 0.25) is 11.8 Å². The fourth-order valence-corrected chi connectivity index (χ4v) is 5.10. The molecule has 2 amide bonds. The second-order valence-electron chi connectivity index (χ2n) is 8.98. The third-order valence-electron chi connectivity index (χ3n) is 6.79. The molecule has 0 aliphatic carbocycles. The average Bonchev–Trinajstić information content (AvgIpc) is 3.41. The Labute approximate surface area is 184 Å². The van der Waals surface area contributed by atoms with Crippen LogP contribution in [0.1, 0.15) is 61.3 Å². The van der Waals surface area contributed by atoms with Crippen LogP contribution in [0.4, 0.5) is 0 Å². The van der Waals surface area contributed by atoms with E-state index >= 15 is 0 Å². The van der Waals surface area contributed by atoms with E-state index in [2.05, 4.69) is 42.6 Å². The lowest BCUT2D eigenvalue weighted by molar-refractivity contribution is -0.132. The van der Waals surface area contributed by atoms with Crippen LogP contribution in [0.2, 0.25) is 0 Å². The summed E-state index contributed by atoms with van der Waals surface area (Å²) in [5.74, 6) is 1.09. The van der Waals surface area contributed by atoms with Gasteiger partial charge in [0.25, 0.3) is 0 Å². The maximum absolute atomic E-state index is 13.3. The van der Waals surface area contributed by atoms with Crippen molar-refractivity contribution in [2.45, 2.75) is 63.5 Å². The Balaban J connectivity index is 1.46. The molecular weight excluding hydrogens is 388 g/mol. The van der Waals surface area contributed by atoms with Crippen molar-refractivity contribution < 1.29 is 14.3 Å². The van der Waals surface area contributed by atoms with E-state index in [0.29, 0.717) is 19.3 Å². The zero-order valence-electron chi connectivity index (χ0n) is 18.5. The van der Waals surface area contributed by atoms with E-state index in [-0.39, 0.29) is 23.4 Å². The highest BCUT2D eigenvalue weighted by Gasteiger charge is 2.39. The molecule has 0 aromatic heterocycles. The number of methoxy groups -OCH3 is 1. The maximum Gasteiger partial charge on any atom is 0.223 e. The van der Waals surface area contributed by atoms with Gasteiger partial charge in [-0.15, -0.1) is 0 Å². The van der Waals surface area contributed by atoms with Crippen LogP contribution in [-0.4, -0.2) is 35.9 Å². The molecule has 2 heterocycles. The van der Waals surface area contributed by atoms with Gasteiger partial charge in [-0.05, 0) is 50.7 Å². The number of amides is 2. The average molecular weight is 421 g/mol.